The molecule has 208 valence electrons. The van der Waals surface area contributed by atoms with Crippen molar-refractivity contribution >= 4 is 17.8 Å². The predicted molar refractivity (Wildman–Crippen MR) is 142 cm³/mol. The molecule has 0 saturated carbocycles. The van der Waals surface area contributed by atoms with Gasteiger partial charge in [-0.3, -0.25) is 19.3 Å². The molecule has 1 aliphatic carbocycles. The molecule has 0 radical (unpaired) electrons. The van der Waals surface area contributed by atoms with Crippen molar-refractivity contribution in [3.63, 3.8) is 0 Å². The highest BCUT2D eigenvalue weighted by atomic mass is 16.5. The van der Waals surface area contributed by atoms with Crippen molar-refractivity contribution in [1.82, 2.24) is 15.1 Å². The minimum Gasteiger partial charge on any atom is -0.466 e. The molecule has 38 heavy (non-hydrogen) atoms. The number of nitrogens with zero attached hydrogens (tertiary/aromatic N) is 2. The Kier molecular flexibility index (Phi) is 9.93. The number of hydrogen-bond acceptors (Lipinski definition) is 7. The van der Waals surface area contributed by atoms with Gasteiger partial charge < -0.3 is 24.8 Å². The molecule has 9 heteroatoms. The monoisotopic (exact) mass is 527 g/mol. The van der Waals surface area contributed by atoms with Crippen molar-refractivity contribution in [2.75, 3.05) is 52.6 Å². The number of nitrogens with one attached hydrogen (secondary N) is 1. The molecule has 0 bridgehead atoms. The van der Waals surface area contributed by atoms with E-state index in [1.807, 2.05) is 49.4 Å². The fourth-order valence-corrected chi connectivity index (χ4v) is 6.24. The Labute approximate surface area is 225 Å². The standard InChI is InChI=1S/C29H41N3O6/c1-3-8-21-11-12-22-25(24(21)29(36)38-4-2)28(35)32(23(19-33)20-9-6-5-7-10-20)26(22)27(34)30-13-14-31-15-17-37-18-16-31/h5-7,9-12,21-26,33H,3-4,8,13-19H2,1-2H3,(H,30,34)/t21-,22+,23-,24-,25+,26+/m1/s1. The summed E-state index contributed by atoms with van der Waals surface area (Å²) in [6.45, 7) is 7.81. The molecule has 1 aromatic rings. The number of allylic oxidation sites excluding steroid dienone is 1. The van der Waals surface area contributed by atoms with Crippen molar-refractivity contribution in [3.8, 4) is 0 Å². The largest absolute Gasteiger partial charge is 0.466 e. The highest BCUT2D eigenvalue weighted by Gasteiger charge is 2.59. The minimum atomic E-state index is -0.842. The molecule has 6 atom stereocenters. The molecule has 3 aliphatic rings. The SMILES string of the molecule is CCC[C@@H]1C=C[C@H]2[C@H](C(=O)N([C@H](CO)c3ccccc3)[C@@H]2C(=O)NCCN2CCOCC2)[C@@H]1C(=O)OCC. The number of hydrogen-bond donors (Lipinski definition) is 2. The topological polar surface area (TPSA) is 108 Å². The van der Waals surface area contributed by atoms with Gasteiger partial charge in [-0.1, -0.05) is 55.8 Å². The first kappa shape index (κ1) is 28.3. The Balaban J connectivity index is 1.65. The molecule has 2 N–H and O–H groups in total. The van der Waals surface area contributed by atoms with Gasteiger partial charge in [0, 0.05) is 32.1 Å². The van der Waals surface area contributed by atoms with E-state index in [4.69, 9.17) is 9.47 Å². The number of fused-ring (bicyclic) bond motifs is 1. The van der Waals surface area contributed by atoms with Crippen LogP contribution in [-0.4, -0.2) is 91.3 Å². The highest BCUT2D eigenvalue weighted by molar-refractivity contribution is 5.96. The fourth-order valence-electron chi connectivity index (χ4n) is 6.24. The number of morpholine rings is 1. The van der Waals surface area contributed by atoms with Crippen LogP contribution in [0, 0.1) is 23.7 Å². The summed E-state index contributed by atoms with van der Waals surface area (Å²) >= 11 is 0. The van der Waals surface area contributed by atoms with Crippen LogP contribution in [0.4, 0.5) is 0 Å². The molecule has 0 aromatic heterocycles. The van der Waals surface area contributed by atoms with E-state index >= 15 is 0 Å². The van der Waals surface area contributed by atoms with Crippen LogP contribution in [0.15, 0.2) is 42.5 Å². The molecule has 9 nitrogen and oxygen atoms in total. The molecular weight excluding hydrogens is 486 g/mol. The quantitative estimate of drug-likeness (QED) is 0.334. The molecular formula is C29H41N3O6. The summed E-state index contributed by atoms with van der Waals surface area (Å²) in [4.78, 5) is 44.9. The Morgan fingerprint density at radius 2 is 1.89 bits per heavy atom. The molecule has 1 aromatic carbocycles. The van der Waals surface area contributed by atoms with Crippen molar-refractivity contribution in [2.24, 2.45) is 23.7 Å². The van der Waals surface area contributed by atoms with Gasteiger partial charge in [-0.25, -0.2) is 0 Å². The Hall–Kier alpha value is -2.75. The van der Waals surface area contributed by atoms with E-state index in [0.29, 0.717) is 26.3 Å². The summed E-state index contributed by atoms with van der Waals surface area (Å²) in [6.07, 6.45) is 5.54. The number of amides is 2. The minimum absolute atomic E-state index is 0.140. The van der Waals surface area contributed by atoms with Gasteiger partial charge in [0.15, 0.2) is 0 Å². The summed E-state index contributed by atoms with van der Waals surface area (Å²) in [5.74, 6) is -2.97. The zero-order chi connectivity index (χ0) is 27.1. The van der Waals surface area contributed by atoms with Crippen molar-refractivity contribution in [3.05, 3.63) is 48.0 Å². The van der Waals surface area contributed by atoms with Gasteiger partial charge in [0.2, 0.25) is 11.8 Å². The average molecular weight is 528 g/mol. The number of aliphatic hydroxyl groups is 1. The normalized spacial score (nSPS) is 28.1. The van der Waals surface area contributed by atoms with Crippen molar-refractivity contribution < 1.29 is 29.0 Å². The number of aliphatic hydroxyl groups excluding tert-OH is 1. The van der Waals surface area contributed by atoms with Crippen LogP contribution in [0.1, 0.15) is 38.3 Å². The number of rotatable bonds is 11. The van der Waals surface area contributed by atoms with E-state index in [0.717, 1.165) is 31.5 Å². The van der Waals surface area contributed by atoms with Crippen LogP contribution in [0.3, 0.4) is 0 Å². The number of carbonyl (C=O) groups excluding carboxylic acids is 3. The molecule has 2 fully saturated rings. The summed E-state index contributed by atoms with van der Waals surface area (Å²) in [6, 6.07) is 7.72. The molecule has 2 saturated heterocycles. The zero-order valence-electron chi connectivity index (χ0n) is 22.5. The molecule has 2 amide bonds. The maximum atomic E-state index is 14.2. The van der Waals surface area contributed by atoms with E-state index in [1.165, 1.54) is 4.90 Å². The Bertz CT molecular complexity index is 980. The third-order valence-electron chi connectivity index (χ3n) is 8.02. The maximum Gasteiger partial charge on any atom is 0.310 e. The van der Waals surface area contributed by atoms with Crippen LogP contribution in [-0.2, 0) is 23.9 Å². The first-order chi connectivity index (χ1) is 18.5. The third kappa shape index (κ3) is 5.95. The molecule has 2 aliphatic heterocycles. The van der Waals surface area contributed by atoms with Crippen LogP contribution < -0.4 is 5.32 Å². The Morgan fingerprint density at radius 3 is 2.55 bits per heavy atom. The number of likely N-dealkylation sites (tertiary alicyclic amines) is 1. The lowest BCUT2D eigenvalue weighted by Gasteiger charge is -2.34. The zero-order valence-corrected chi connectivity index (χ0v) is 22.5. The van der Waals surface area contributed by atoms with Gasteiger partial charge in [0.1, 0.15) is 6.04 Å². The summed E-state index contributed by atoms with van der Waals surface area (Å²) < 4.78 is 10.8. The van der Waals surface area contributed by atoms with E-state index in [-0.39, 0.29) is 30.9 Å². The lowest BCUT2D eigenvalue weighted by atomic mass is 9.69. The van der Waals surface area contributed by atoms with E-state index in [9.17, 15) is 19.5 Å². The van der Waals surface area contributed by atoms with Gasteiger partial charge in [0.05, 0.1) is 44.3 Å². The highest BCUT2D eigenvalue weighted by Crippen LogP contribution is 2.48. The van der Waals surface area contributed by atoms with E-state index in [1.54, 1.807) is 6.92 Å². The number of benzene rings is 1. The van der Waals surface area contributed by atoms with Gasteiger partial charge in [0.25, 0.3) is 0 Å². The first-order valence-electron chi connectivity index (χ1n) is 13.9. The first-order valence-corrected chi connectivity index (χ1v) is 13.9. The van der Waals surface area contributed by atoms with Gasteiger partial charge in [-0.15, -0.1) is 0 Å². The number of esters is 1. The van der Waals surface area contributed by atoms with Gasteiger partial charge in [-0.2, -0.15) is 0 Å². The number of ether oxygens (including phenoxy) is 2. The van der Waals surface area contributed by atoms with Crippen LogP contribution >= 0.6 is 0 Å². The average Bonchev–Trinajstić information content (AvgIpc) is 3.22. The second-order valence-corrected chi connectivity index (χ2v) is 10.3. The maximum absolute atomic E-state index is 14.2. The third-order valence-corrected chi connectivity index (χ3v) is 8.02. The number of carbonyl (C=O) groups is 3. The van der Waals surface area contributed by atoms with Gasteiger partial charge in [-0.05, 0) is 24.8 Å². The summed E-state index contributed by atoms with van der Waals surface area (Å²) in [5.41, 5.74) is 0.745. The second-order valence-electron chi connectivity index (χ2n) is 10.3. The molecule has 2 heterocycles. The van der Waals surface area contributed by atoms with Crippen LogP contribution in [0.25, 0.3) is 0 Å². The van der Waals surface area contributed by atoms with Crippen molar-refractivity contribution in [2.45, 2.75) is 38.8 Å². The summed E-state index contributed by atoms with van der Waals surface area (Å²) in [5, 5.41) is 13.5. The molecule has 0 spiro atoms. The molecule has 4 rings (SSSR count). The smallest absolute Gasteiger partial charge is 0.310 e. The van der Waals surface area contributed by atoms with Gasteiger partial charge >= 0.3 is 5.97 Å². The van der Waals surface area contributed by atoms with Crippen molar-refractivity contribution in [1.29, 1.82) is 0 Å². The van der Waals surface area contributed by atoms with Crippen LogP contribution in [0.5, 0.6) is 0 Å². The second kappa shape index (κ2) is 13.4. The molecule has 0 unspecified atom stereocenters. The predicted octanol–water partition coefficient (Wildman–Crippen LogP) is 1.78. The lowest BCUT2D eigenvalue weighted by molar-refractivity contribution is -0.156. The fraction of sp³-hybridized carbons (Fsp3) is 0.621. The lowest BCUT2D eigenvalue weighted by Crippen LogP contribution is -2.50. The summed E-state index contributed by atoms with van der Waals surface area (Å²) in [7, 11) is 0. The van der Waals surface area contributed by atoms with Crippen LogP contribution in [0.2, 0.25) is 0 Å². The van der Waals surface area contributed by atoms with E-state index < -0.39 is 35.8 Å². The van der Waals surface area contributed by atoms with E-state index in [2.05, 4.69) is 10.2 Å². The Morgan fingerprint density at radius 1 is 1.16 bits per heavy atom.